The van der Waals surface area contributed by atoms with E-state index < -0.39 is 0 Å². The lowest BCUT2D eigenvalue weighted by atomic mass is 10.1. The number of hydrogen-bond acceptors (Lipinski definition) is 1. The molecule has 2 nitrogen and oxygen atoms in total. The normalized spacial score (nSPS) is 16.6. The Balaban J connectivity index is 1.33. The van der Waals surface area contributed by atoms with Crippen LogP contribution in [-0.2, 0) is 6.54 Å². The molecule has 1 saturated heterocycles. The van der Waals surface area contributed by atoms with Crippen LogP contribution in [0.1, 0.15) is 44.9 Å². The Morgan fingerprint density at radius 3 is 2.38 bits per heavy atom. The lowest BCUT2D eigenvalue weighted by Crippen LogP contribution is -2.30. The van der Waals surface area contributed by atoms with Crippen molar-refractivity contribution in [1.29, 1.82) is 0 Å². The lowest BCUT2D eigenvalue weighted by molar-refractivity contribution is 0.224. The highest BCUT2D eigenvalue weighted by Crippen LogP contribution is 2.16. The number of hydrogen-bond donors (Lipinski definition) is 0. The Morgan fingerprint density at radius 2 is 1.52 bits per heavy atom. The topological polar surface area (TPSA) is 8.17 Å². The molecule has 0 aliphatic carbocycles. The number of para-hydroxylation sites is 1. The second kappa shape index (κ2) is 7.65. The smallest absolute Gasteiger partial charge is 0.0480 e. The Hall–Kier alpha value is -1.28. The van der Waals surface area contributed by atoms with Gasteiger partial charge in [-0.3, -0.25) is 0 Å². The summed E-state index contributed by atoms with van der Waals surface area (Å²) in [4.78, 5) is 2.66. The summed E-state index contributed by atoms with van der Waals surface area (Å²) < 4.78 is 2.40. The van der Waals surface area contributed by atoms with Crippen LogP contribution in [0.25, 0.3) is 10.9 Å². The standard InChI is InChI=1S/C19H28N2/c1(6-13-20-14-7-3-8-15-20)2-9-16-21-17-12-18-10-4-5-11-19(18)21/h4-5,10-12,17H,1-3,6-9,13-16H2. The molecule has 0 unspecified atom stereocenters. The van der Waals surface area contributed by atoms with Gasteiger partial charge < -0.3 is 9.47 Å². The van der Waals surface area contributed by atoms with Crippen LogP contribution in [0.2, 0.25) is 0 Å². The Labute approximate surface area is 128 Å². The summed E-state index contributed by atoms with van der Waals surface area (Å²) in [5.41, 5.74) is 1.38. The molecule has 1 aliphatic rings. The van der Waals surface area contributed by atoms with Crippen LogP contribution in [0.4, 0.5) is 0 Å². The molecule has 0 bridgehead atoms. The summed E-state index contributed by atoms with van der Waals surface area (Å²) in [6.07, 6.45) is 11.9. The van der Waals surface area contributed by atoms with E-state index in [0.29, 0.717) is 0 Å². The number of benzene rings is 1. The number of aryl methyl sites for hydroxylation is 1. The first-order chi connectivity index (χ1) is 10.4. The number of piperidine rings is 1. The summed E-state index contributed by atoms with van der Waals surface area (Å²) in [5, 5.41) is 1.36. The third-order valence-electron chi connectivity index (χ3n) is 4.75. The first kappa shape index (κ1) is 14.6. The molecule has 0 spiro atoms. The molecule has 0 atom stereocenters. The summed E-state index contributed by atoms with van der Waals surface area (Å²) in [6, 6.07) is 10.9. The minimum atomic E-state index is 1.16. The van der Waals surface area contributed by atoms with E-state index >= 15 is 0 Å². The number of unbranched alkanes of at least 4 members (excludes halogenated alkanes) is 3. The molecule has 1 aromatic heterocycles. The van der Waals surface area contributed by atoms with Crippen molar-refractivity contribution < 1.29 is 0 Å². The highest BCUT2D eigenvalue weighted by molar-refractivity contribution is 5.79. The monoisotopic (exact) mass is 284 g/mol. The molecule has 3 rings (SSSR count). The molecule has 1 aromatic carbocycles. The molecular weight excluding hydrogens is 256 g/mol. The van der Waals surface area contributed by atoms with Gasteiger partial charge in [-0.15, -0.1) is 0 Å². The summed E-state index contributed by atoms with van der Waals surface area (Å²) in [5.74, 6) is 0. The predicted molar refractivity (Wildman–Crippen MR) is 90.7 cm³/mol. The molecule has 21 heavy (non-hydrogen) atoms. The van der Waals surface area contributed by atoms with Crippen molar-refractivity contribution in [2.75, 3.05) is 19.6 Å². The van der Waals surface area contributed by atoms with Crippen LogP contribution in [0.5, 0.6) is 0 Å². The van der Waals surface area contributed by atoms with Gasteiger partial charge in [0.15, 0.2) is 0 Å². The van der Waals surface area contributed by atoms with E-state index in [0.717, 1.165) is 6.54 Å². The van der Waals surface area contributed by atoms with Crippen molar-refractivity contribution in [3.05, 3.63) is 36.5 Å². The van der Waals surface area contributed by atoms with Gasteiger partial charge in [-0.05, 0) is 62.8 Å². The van der Waals surface area contributed by atoms with E-state index in [1.54, 1.807) is 0 Å². The maximum absolute atomic E-state index is 2.66. The minimum absolute atomic E-state index is 1.16. The van der Waals surface area contributed by atoms with E-state index in [4.69, 9.17) is 0 Å². The SMILES string of the molecule is c1ccc2c(c1)ccn2CCCCCCN1CCCCC1. The number of nitrogens with zero attached hydrogens (tertiary/aromatic N) is 2. The maximum Gasteiger partial charge on any atom is 0.0480 e. The van der Waals surface area contributed by atoms with Crippen LogP contribution in [0, 0.1) is 0 Å². The fourth-order valence-corrected chi connectivity index (χ4v) is 3.49. The van der Waals surface area contributed by atoms with Gasteiger partial charge in [0, 0.05) is 18.3 Å². The predicted octanol–water partition coefficient (Wildman–Crippen LogP) is 4.69. The third-order valence-corrected chi connectivity index (χ3v) is 4.75. The van der Waals surface area contributed by atoms with Crippen molar-refractivity contribution in [1.82, 2.24) is 9.47 Å². The molecule has 0 saturated carbocycles. The summed E-state index contributed by atoms with van der Waals surface area (Å²) in [6.45, 7) is 5.17. The second-order valence-electron chi connectivity index (χ2n) is 6.38. The van der Waals surface area contributed by atoms with Crippen LogP contribution >= 0.6 is 0 Å². The molecule has 114 valence electrons. The molecule has 2 aromatic rings. The third kappa shape index (κ3) is 4.10. The first-order valence-corrected chi connectivity index (χ1v) is 8.70. The Morgan fingerprint density at radius 1 is 0.762 bits per heavy atom. The number of aromatic nitrogens is 1. The van der Waals surface area contributed by atoms with Gasteiger partial charge in [0.1, 0.15) is 0 Å². The minimum Gasteiger partial charge on any atom is -0.347 e. The number of fused-ring (bicyclic) bond motifs is 1. The largest absolute Gasteiger partial charge is 0.347 e. The molecule has 1 aliphatic heterocycles. The van der Waals surface area contributed by atoms with E-state index in [1.807, 2.05) is 0 Å². The van der Waals surface area contributed by atoms with Gasteiger partial charge >= 0.3 is 0 Å². The van der Waals surface area contributed by atoms with Crippen LogP contribution in [0.3, 0.4) is 0 Å². The second-order valence-corrected chi connectivity index (χ2v) is 6.38. The molecule has 0 N–H and O–H groups in total. The molecule has 0 amide bonds. The zero-order valence-corrected chi connectivity index (χ0v) is 13.1. The van der Waals surface area contributed by atoms with Crippen molar-refractivity contribution in [2.24, 2.45) is 0 Å². The van der Waals surface area contributed by atoms with Crippen molar-refractivity contribution in [2.45, 2.75) is 51.5 Å². The van der Waals surface area contributed by atoms with Gasteiger partial charge in [0.05, 0.1) is 0 Å². The molecule has 2 heterocycles. The molecular formula is C19H28N2. The fourth-order valence-electron chi connectivity index (χ4n) is 3.49. The summed E-state index contributed by atoms with van der Waals surface area (Å²) in [7, 11) is 0. The van der Waals surface area contributed by atoms with E-state index in [2.05, 4.69) is 46.0 Å². The van der Waals surface area contributed by atoms with Gasteiger partial charge in [0.2, 0.25) is 0 Å². The Bertz CT molecular complexity index is 537. The van der Waals surface area contributed by atoms with Gasteiger partial charge in [0.25, 0.3) is 0 Å². The Kier molecular flexibility index (Phi) is 5.34. The van der Waals surface area contributed by atoms with Crippen molar-refractivity contribution >= 4 is 10.9 Å². The van der Waals surface area contributed by atoms with Gasteiger partial charge in [-0.1, -0.05) is 37.5 Å². The average Bonchev–Trinajstić information content (AvgIpc) is 2.95. The van der Waals surface area contributed by atoms with Crippen LogP contribution < -0.4 is 0 Å². The zero-order valence-electron chi connectivity index (χ0n) is 13.1. The highest BCUT2D eigenvalue weighted by atomic mass is 15.1. The van der Waals surface area contributed by atoms with Gasteiger partial charge in [-0.2, -0.15) is 0 Å². The van der Waals surface area contributed by atoms with Crippen LogP contribution in [0.15, 0.2) is 36.5 Å². The average molecular weight is 284 g/mol. The van der Waals surface area contributed by atoms with E-state index in [1.165, 1.54) is 75.5 Å². The number of rotatable bonds is 7. The number of likely N-dealkylation sites (tertiary alicyclic amines) is 1. The quantitative estimate of drug-likeness (QED) is 0.670. The first-order valence-electron chi connectivity index (χ1n) is 8.70. The zero-order chi connectivity index (χ0) is 14.3. The van der Waals surface area contributed by atoms with Crippen LogP contribution in [-0.4, -0.2) is 29.1 Å². The molecule has 1 fully saturated rings. The van der Waals surface area contributed by atoms with Crippen molar-refractivity contribution in [3.63, 3.8) is 0 Å². The molecule has 0 radical (unpaired) electrons. The van der Waals surface area contributed by atoms with E-state index in [-0.39, 0.29) is 0 Å². The lowest BCUT2D eigenvalue weighted by Gasteiger charge is -2.26. The summed E-state index contributed by atoms with van der Waals surface area (Å²) >= 11 is 0. The van der Waals surface area contributed by atoms with Gasteiger partial charge in [-0.25, -0.2) is 0 Å². The van der Waals surface area contributed by atoms with Crippen molar-refractivity contribution in [3.8, 4) is 0 Å². The van der Waals surface area contributed by atoms with E-state index in [9.17, 15) is 0 Å². The maximum atomic E-state index is 2.66. The fraction of sp³-hybridized carbons (Fsp3) is 0.579. The molecule has 2 heteroatoms. The highest BCUT2D eigenvalue weighted by Gasteiger charge is 2.08.